The van der Waals surface area contributed by atoms with Gasteiger partial charge in [-0.15, -0.1) is 11.3 Å². The minimum Gasteiger partial charge on any atom is -0.443 e. The summed E-state index contributed by atoms with van der Waals surface area (Å²) in [6.45, 7) is 5.68. The standard InChI is InChI=1S/C29H30N6O7S2/c1-28(2,3)42-27(38)35(29(17-30)7-8-29)44(39,40)23-10-22-24(36)33(14-19-11-31-32(4)12-19)26(37)34(25(22)43-23)13-18-5-6-20-15-41-16-21(20)9-18/h5-6,9-12H,7-8,13-16H2,1-4H3. The Morgan fingerprint density at radius 1 is 1.14 bits per heavy atom. The summed E-state index contributed by atoms with van der Waals surface area (Å²) in [5.41, 5.74) is -0.531. The molecular weight excluding hydrogens is 608 g/mol. The van der Waals surface area contributed by atoms with Crippen molar-refractivity contribution in [3.05, 3.63) is 79.8 Å². The molecule has 230 valence electrons. The van der Waals surface area contributed by atoms with E-state index in [-0.39, 0.29) is 40.4 Å². The number of fused-ring (bicyclic) bond motifs is 2. The van der Waals surface area contributed by atoms with Crippen LogP contribution < -0.4 is 11.2 Å². The number of hydrogen-bond donors (Lipinski definition) is 0. The number of amides is 1. The number of ether oxygens (including phenoxy) is 2. The highest BCUT2D eigenvalue weighted by Gasteiger charge is 2.58. The van der Waals surface area contributed by atoms with Gasteiger partial charge in [0.1, 0.15) is 20.2 Å². The Bertz CT molecular complexity index is 2090. The second-order valence-electron chi connectivity index (χ2n) is 12.1. The third kappa shape index (κ3) is 5.23. The van der Waals surface area contributed by atoms with Gasteiger partial charge in [-0.25, -0.2) is 9.59 Å². The molecule has 2 aliphatic rings. The Hall–Kier alpha value is -4.26. The van der Waals surface area contributed by atoms with Crippen LogP contribution in [0.5, 0.6) is 0 Å². The van der Waals surface area contributed by atoms with Crippen molar-refractivity contribution in [1.82, 2.24) is 23.2 Å². The predicted octanol–water partition coefficient (Wildman–Crippen LogP) is 3.07. The summed E-state index contributed by atoms with van der Waals surface area (Å²) < 4.78 is 43.2. The maximum absolute atomic E-state index is 14.1. The quantitative estimate of drug-likeness (QED) is 0.297. The van der Waals surface area contributed by atoms with Crippen LogP contribution in [0.2, 0.25) is 0 Å². The van der Waals surface area contributed by atoms with Crippen molar-refractivity contribution in [2.24, 2.45) is 7.05 Å². The van der Waals surface area contributed by atoms with Crippen LogP contribution in [0.4, 0.5) is 4.79 Å². The Morgan fingerprint density at radius 3 is 2.48 bits per heavy atom. The van der Waals surface area contributed by atoms with E-state index in [1.807, 2.05) is 24.3 Å². The van der Waals surface area contributed by atoms with E-state index in [0.717, 1.165) is 21.3 Å². The molecule has 1 fully saturated rings. The predicted molar refractivity (Wildman–Crippen MR) is 160 cm³/mol. The fourth-order valence-electron chi connectivity index (χ4n) is 5.20. The molecule has 1 aliphatic carbocycles. The zero-order chi connectivity index (χ0) is 31.6. The van der Waals surface area contributed by atoms with Gasteiger partial charge < -0.3 is 9.47 Å². The number of rotatable bonds is 7. The maximum Gasteiger partial charge on any atom is 0.425 e. The highest BCUT2D eigenvalue weighted by atomic mass is 32.2. The smallest absolute Gasteiger partial charge is 0.425 e. The van der Waals surface area contributed by atoms with Crippen LogP contribution in [0.25, 0.3) is 10.2 Å². The van der Waals surface area contributed by atoms with E-state index in [9.17, 15) is 28.1 Å². The van der Waals surface area contributed by atoms with Crippen molar-refractivity contribution in [3.8, 4) is 6.07 Å². The van der Waals surface area contributed by atoms with Crippen molar-refractivity contribution in [2.75, 3.05) is 0 Å². The minimum absolute atomic E-state index is 0.00694. The first-order valence-electron chi connectivity index (χ1n) is 13.9. The van der Waals surface area contributed by atoms with Crippen molar-refractivity contribution < 1.29 is 22.7 Å². The van der Waals surface area contributed by atoms with Crippen molar-refractivity contribution in [2.45, 2.75) is 75.3 Å². The summed E-state index contributed by atoms with van der Waals surface area (Å²) in [4.78, 5) is 41.1. The number of carbonyl (C=O) groups excluding carboxylic acids is 1. The zero-order valence-corrected chi connectivity index (χ0v) is 26.2. The van der Waals surface area contributed by atoms with Gasteiger partial charge in [0, 0.05) is 18.8 Å². The highest BCUT2D eigenvalue weighted by Crippen LogP contribution is 2.46. The average molecular weight is 639 g/mol. The van der Waals surface area contributed by atoms with Crippen molar-refractivity contribution in [3.63, 3.8) is 0 Å². The molecule has 1 aromatic carbocycles. The number of hydrogen-bond acceptors (Lipinski definition) is 10. The summed E-state index contributed by atoms with van der Waals surface area (Å²) in [7, 11) is -2.96. The van der Waals surface area contributed by atoms with Crippen LogP contribution in [0.3, 0.4) is 0 Å². The Labute approximate surface area is 256 Å². The molecule has 0 N–H and O–H groups in total. The molecule has 3 aromatic heterocycles. The van der Waals surface area contributed by atoms with Gasteiger partial charge >= 0.3 is 11.8 Å². The molecular formula is C29H30N6O7S2. The van der Waals surface area contributed by atoms with Crippen LogP contribution in [-0.4, -0.2) is 48.9 Å². The van der Waals surface area contributed by atoms with Crippen molar-refractivity contribution in [1.29, 1.82) is 5.26 Å². The molecule has 15 heteroatoms. The normalized spacial score (nSPS) is 15.6. The van der Waals surface area contributed by atoms with E-state index >= 15 is 0 Å². The van der Waals surface area contributed by atoms with E-state index in [4.69, 9.17) is 9.47 Å². The second kappa shape index (κ2) is 10.4. The lowest BCUT2D eigenvalue weighted by Crippen LogP contribution is -2.47. The maximum atomic E-state index is 14.1. The minimum atomic E-state index is -4.68. The summed E-state index contributed by atoms with van der Waals surface area (Å²) in [5, 5.41) is 14.0. The molecule has 0 spiro atoms. The highest BCUT2D eigenvalue weighted by molar-refractivity contribution is 7.92. The van der Waals surface area contributed by atoms with Gasteiger partial charge in [-0.05, 0) is 56.4 Å². The summed E-state index contributed by atoms with van der Waals surface area (Å²) in [6, 6.07) is 8.85. The van der Waals surface area contributed by atoms with Gasteiger partial charge in [0.05, 0.1) is 44.0 Å². The first-order valence-corrected chi connectivity index (χ1v) is 16.1. The van der Waals surface area contributed by atoms with Crippen LogP contribution in [0.15, 0.2) is 50.5 Å². The molecule has 13 nitrogen and oxygen atoms in total. The van der Waals surface area contributed by atoms with Gasteiger partial charge in [-0.3, -0.25) is 18.6 Å². The third-order valence-corrected chi connectivity index (χ3v) is 10.9. The summed E-state index contributed by atoms with van der Waals surface area (Å²) in [5.74, 6) is 0. The molecule has 0 radical (unpaired) electrons. The van der Waals surface area contributed by atoms with Crippen molar-refractivity contribution >= 4 is 37.7 Å². The van der Waals surface area contributed by atoms with E-state index in [0.29, 0.717) is 34.4 Å². The lowest BCUT2D eigenvalue weighted by molar-refractivity contribution is 0.0351. The molecule has 0 saturated heterocycles. The third-order valence-electron chi connectivity index (χ3n) is 7.47. The van der Waals surface area contributed by atoms with Crippen LogP contribution in [0.1, 0.15) is 55.9 Å². The molecule has 0 atom stereocenters. The number of sulfonamides is 1. The Kier molecular flexibility index (Phi) is 7.06. The molecule has 6 rings (SSSR count). The molecule has 44 heavy (non-hydrogen) atoms. The number of aromatic nitrogens is 4. The summed E-state index contributed by atoms with van der Waals surface area (Å²) >= 11 is 0.703. The molecule has 0 unspecified atom stereocenters. The van der Waals surface area contributed by atoms with Gasteiger partial charge in [0.15, 0.2) is 0 Å². The number of nitriles is 1. The second-order valence-corrected chi connectivity index (χ2v) is 15.1. The monoisotopic (exact) mass is 638 g/mol. The van der Waals surface area contributed by atoms with Gasteiger partial charge in [0.2, 0.25) is 0 Å². The number of thiophene rings is 1. The average Bonchev–Trinajstić information content (AvgIpc) is 3.28. The lowest BCUT2D eigenvalue weighted by Gasteiger charge is -2.29. The number of nitrogens with zero attached hydrogens (tertiary/aromatic N) is 6. The zero-order valence-electron chi connectivity index (χ0n) is 24.6. The largest absolute Gasteiger partial charge is 0.443 e. The van der Waals surface area contributed by atoms with E-state index < -0.39 is 38.5 Å². The van der Waals surface area contributed by atoms with Crippen LogP contribution in [-0.2, 0) is 52.8 Å². The Balaban J connectivity index is 1.52. The molecule has 1 amide bonds. The summed E-state index contributed by atoms with van der Waals surface area (Å²) in [6.07, 6.45) is 2.34. The van der Waals surface area contributed by atoms with E-state index in [1.54, 1.807) is 44.9 Å². The topological polar surface area (TPSA) is 159 Å². The number of carbonyl (C=O) groups is 1. The number of aryl methyl sites for hydroxylation is 1. The van der Waals surface area contributed by atoms with Gasteiger partial charge in [-0.2, -0.15) is 23.1 Å². The van der Waals surface area contributed by atoms with Gasteiger partial charge in [0.25, 0.3) is 15.6 Å². The molecule has 1 aliphatic heterocycles. The lowest BCUT2D eigenvalue weighted by atomic mass is 10.1. The molecule has 1 saturated carbocycles. The first-order chi connectivity index (χ1) is 20.7. The Morgan fingerprint density at radius 2 is 1.84 bits per heavy atom. The molecule has 0 bridgehead atoms. The van der Waals surface area contributed by atoms with Crippen LogP contribution >= 0.6 is 11.3 Å². The van der Waals surface area contributed by atoms with Crippen LogP contribution in [0, 0.1) is 11.3 Å². The molecule has 4 aromatic rings. The first kappa shape index (κ1) is 29.8. The van der Waals surface area contributed by atoms with Gasteiger partial charge in [-0.1, -0.05) is 18.2 Å². The fourth-order valence-corrected chi connectivity index (χ4v) is 8.32. The molecule has 4 heterocycles. The SMILES string of the molecule is Cn1cc(Cn2c(=O)c3cc(S(=O)(=O)N(C(=O)OC(C)(C)C)C4(C#N)CC4)sc3n(Cc3ccc4c(c3)COC4)c2=O)cn1. The van der Waals surface area contributed by atoms with E-state index in [2.05, 4.69) is 5.10 Å². The van der Waals surface area contributed by atoms with E-state index in [1.165, 1.54) is 10.6 Å². The fraction of sp³-hybridized carbons (Fsp3) is 0.414. The number of benzene rings is 1.